The van der Waals surface area contributed by atoms with E-state index >= 15 is 0 Å². The summed E-state index contributed by atoms with van der Waals surface area (Å²) in [6, 6.07) is 6.28. The number of hydrogen-bond donors (Lipinski definition) is 1. The summed E-state index contributed by atoms with van der Waals surface area (Å²) in [7, 11) is 0. The Morgan fingerprint density at radius 1 is 1.26 bits per heavy atom. The molecule has 1 aromatic heterocycles. The van der Waals surface area contributed by atoms with Crippen LogP contribution in [-0.2, 0) is 6.42 Å². The quantitative estimate of drug-likeness (QED) is 0.894. The summed E-state index contributed by atoms with van der Waals surface area (Å²) in [5.74, 6) is 0.909. The van der Waals surface area contributed by atoms with Gasteiger partial charge in [-0.3, -0.25) is 0 Å². The van der Waals surface area contributed by atoms with Crippen molar-refractivity contribution in [2.75, 3.05) is 6.54 Å². The van der Waals surface area contributed by atoms with Gasteiger partial charge in [-0.1, -0.05) is 0 Å². The molecule has 0 aliphatic heterocycles. The molecule has 0 saturated heterocycles. The minimum absolute atomic E-state index is 0.199. The standard InChI is InChI=1S/C15H18FN3/c16-10-1-6-14-13(9-10)18-15(19(14)12-4-5-12)7-8-17-11-2-3-11/h1,6,9,11-12,17H,2-5,7-8H2. The highest BCUT2D eigenvalue weighted by Gasteiger charge is 2.28. The molecule has 0 spiro atoms. The van der Waals surface area contributed by atoms with Crippen LogP contribution in [0.1, 0.15) is 37.5 Å². The topological polar surface area (TPSA) is 29.9 Å². The molecule has 100 valence electrons. The first-order chi connectivity index (χ1) is 9.31. The van der Waals surface area contributed by atoms with Crippen LogP contribution in [0.5, 0.6) is 0 Å². The van der Waals surface area contributed by atoms with Crippen molar-refractivity contribution in [2.45, 2.75) is 44.2 Å². The molecule has 0 atom stereocenters. The number of hydrogen-bond acceptors (Lipinski definition) is 2. The fourth-order valence-electron chi connectivity index (χ4n) is 2.71. The van der Waals surface area contributed by atoms with Crippen LogP contribution in [-0.4, -0.2) is 22.1 Å². The highest BCUT2D eigenvalue weighted by Crippen LogP contribution is 2.38. The van der Waals surface area contributed by atoms with Gasteiger partial charge in [-0.05, 0) is 37.8 Å². The lowest BCUT2D eigenvalue weighted by molar-refractivity contribution is 0.628. The summed E-state index contributed by atoms with van der Waals surface area (Å²) in [5.41, 5.74) is 1.89. The molecule has 1 heterocycles. The zero-order chi connectivity index (χ0) is 12.8. The van der Waals surface area contributed by atoms with E-state index in [1.54, 1.807) is 6.07 Å². The third kappa shape index (κ3) is 2.25. The van der Waals surface area contributed by atoms with Crippen LogP contribution in [0.3, 0.4) is 0 Å². The summed E-state index contributed by atoms with van der Waals surface area (Å²) < 4.78 is 15.6. The Balaban J connectivity index is 1.64. The van der Waals surface area contributed by atoms with Crippen LogP contribution in [0.25, 0.3) is 11.0 Å². The van der Waals surface area contributed by atoms with Crippen LogP contribution >= 0.6 is 0 Å². The first-order valence-corrected chi connectivity index (χ1v) is 7.21. The van der Waals surface area contributed by atoms with Crippen LogP contribution in [0.15, 0.2) is 18.2 Å². The zero-order valence-corrected chi connectivity index (χ0v) is 10.9. The lowest BCUT2D eigenvalue weighted by Crippen LogP contribution is -2.20. The Hall–Kier alpha value is -1.42. The van der Waals surface area contributed by atoms with E-state index in [0.717, 1.165) is 35.9 Å². The second-order valence-electron chi connectivity index (χ2n) is 5.74. The molecular weight excluding hydrogens is 241 g/mol. The molecule has 3 nitrogen and oxygen atoms in total. The molecule has 0 bridgehead atoms. The Kier molecular flexibility index (Phi) is 2.58. The predicted octanol–water partition coefficient (Wildman–Crippen LogP) is 2.80. The highest BCUT2D eigenvalue weighted by atomic mass is 19.1. The van der Waals surface area contributed by atoms with Gasteiger partial charge >= 0.3 is 0 Å². The van der Waals surface area contributed by atoms with Crippen molar-refractivity contribution in [1.82, 2.24) is 14.9 Å². The maximum atomic E-state index is 13.3. The van der Waals surface area contributed by atoms with E-state index in [4.69, 9.17) is 0 Å². The lowest BCUT2D eigenvalue weighted by atomic mass is 10.3. The third-order valence-corrected chi connectivity index (χ3v) is 4.00. The largest absolute Gasteiger partial charge is 0.325 e. The van der Waals surface area contributed by atoms with Gasteiger partial charge in [0.05, 0.1) is 11.0 Å². The van der Waals surface area contributed by atoms with Gasteiger partial charge in [0.25, 0.3) is 0 Å². The summed E-state index contributed by atoms with van der Waals surface area (Å²) >= 11 is 0. The normalized spacial score (nSPS) is 19.2. The Morgan fingerprint density at radius 2 is 2.11 bits per heavy atom. The van der Waals surface area contributed by atoms with Crippen molar-refractivity contribution in [3.63, 3.8) is 0 Å². The minimum Gasteiger partial charge on any atom is -0.325 e. The number of imidazole rings is 1. The fraction of sp³-hybridized carbons (Fsp3) is 0.533. The Labute approximate surface area is 111 Å². The van der Waals surface area contributed by atoms with Crippen LogP contribution in [0.2, 0.25) is 0 Å². The molecule has 2 aliphatic carbocycles. The van der Waals surface area contributed by atoms with Crippen molar-refractivity contribution in [1.29, 1.82) is 0 Å². The molecule has 0 radical (unpaired) electrons. The van der Waals surface area contributed by atoms with Crippen molar-refractivity contribution >= 4 is 11.0 Å². The van der Waals surface area contributed by atoms with Gasteiger partial charge in [-0.15, -0.1) is 0 Å². The average molecular weight is 259 g/mol. The van der Waals surface area contributed by atoms with E-state index < -0.39 is 0 Å². The molecule has 1 aromatic carbocycles. The molecule has 0 amide bonds. The van der Waals surface area contributed by atoms with Gasteiger partial charge in [-0.25, -0.2) is 9.37 Å². The van der Waals surface area contributed by atoms with Gasteiger partial charge in [0.15, 0.2) is 0 Å². The van der Waals surface area contributed by atoms with Crippen LogP contribution < -0.4 is 5.32 Å². The number of nitrogens with one attached hydrogen (secondary N) is 1. The number of aromatic nitrogens is 2. The van der Waals surface area contributed by atoms with Crippen LogP contribution in [0, 0.1) is 5.82 Å². The van der Waals surface area contributed by atoms with Crippen molar-refractivity contribution < 1.29 is 4.39 Å². The highest BCUT2D eigenvalue weighted by molar-refractivity contribution is 5.76. The van der Waals surface area contributed by atoms with Gasteiger partial charge < -0.3 is 9.88 Å². The second-order valence-corrected chi connectivity index (χ2v) is 5.74. The summed E-state index contributed by atoms with van der Waals surface area (Å²) in [6.45, 7) is 0.975. The number of fused-ring (bicyclic) bond motifs is 1. The molecule has 2 saturated carbocycles. The van der Waals surface area contributed by atoms with Crippen molar-refractivity contribution in [3.8, 4) is 0 Å². The summed E-state index contributed by atoms with van der Waals surface area (Å²) in [6.07, 6.45) is 6.01. The predicted molar refractivity (Wildman–Crippen MR) is 72.7 cm³/mol. The number of halogens is 1. The van der Waals surface area contributed by atoms with E-state index in [2.05, 4.69) is 14.9 Å². The maximum absolute atomic E-state index is 13.3. The lowest BCUT2D eigenvalue weighted by Gasteiger charge is -2.08. The molecular formula is C15H18FN3. The molecule has 2 aromatic rings. The fourth-order valence-corrected chi connectivity index (χ4v) is 2.71. The molecule has 2 aliphatic rings. The van der Waals surface area contributed by atoms with E-state index in [1.165, 1.54) is 31.7 Å². The summed E-state index contributed by atoms with van der Waals surface area (Å²) in [5, 5.41) is 3.52. The minimum atomic E-state index is -0.199. The molecule has 1 N–H and O–H groups in total. The Morgan fingerprint density at radius 3 is 2.84 bits per heavy atom. The monoisotopic (exact) mass is 259 g/mol. The summed E-state index contributed by atoms with van der Waals surface area (Å²) in [4.78, 5) is 4.63. The first kappa shape index (κ1) is 11.4. The van der Waals surface area contributed by atoms with Crippen LogP contribution in [0.4, 0.5) is 4.39 Å². The zero-order valence-electron chi connectivity index (χ0n) is 10.9. The molecule has 2 fully saturated rings. The van der Waals surface area contributed by atoms with Crippen molar-refractivity contribution in [3.05, 3.63) is 29.8 Å². The van der Waals surface area contributed by atoms with E-state index in [-0.39, 0.29) is 5.82 Å². The second kappa shape index (κ2) is 4.30. The number of benzene rings is 1. The van der Waals surface area contributed by atoms with Gasteiger partial charge in [0.2, 0.25) is 0 Å². The SMILES string of the molecule is Fc1ccc2c(c1)nc(CCNC1CC1)n2C1CC1. The van der Waals surface area contributed by atoms with E-state index in [1.807, 2.05) is 6.07 Å². The van der Waals surface area contributed by atoms with Gasteiger partial charge in [0.1, 0.15) is 11.6 Å². The van der Waals surface area contributed by atoms with Gasteiger partial charge in [0, 0.05) is 31.1 Å². The maximum Gasteiger partial charge on any atom is 0.125 e. The number of rotatable bonds is 5. The molecule has 4 rings (SSSR count). The number of nitrogens with zero attached hydrogens (tertiary/aromatic N) is 2. The molecule has 4 heteroatoms. The smallest absolute Gasteiger partial charge is 0.125 e. The molecule has 19 heavy (non-hydrogen) atoms. The third-order valence-electron chi connectivity index (χ3n) is 4.00. The van der Waals surface area contributed by atoms with E-state index in [0.29, 0.717) is 6.04 Å². The van der Waals surface area contributed by atoms with Crippen molar-refractivity contribution in [2.24, 2.45) is 0 Å². The average Bonchev–Trinajstić information content (AvgIpc) is 3.27. The van der Waals surface area contributed by atoms with E-state index in [9.17, 15) is 4.39 Å². The molecule has 0 unspecified atom stereocenters. The first-order valence-electron chi connectivity index (χ1n) is 7.21. The van der Waals surface area contributed by atoms with Gasteiger partial charge in [-0.2, -0.15) is 0 Å². The Bertz CT molecular complexity index is 611.